The number of benzene rings is 1. The summed E-state index contributed by atoms with van der Waals surface area (Å²) in [5, 5.41) is 9.46. The van der Waals surface area contributed by atoms with E-state index < -0.39 is 0 Å². The Hall–Kier alpha value is -1.99. The Morgan fingerprint density at radius 2 is 2.00 bits per heavy atom. The van der Waals surface area contributed by atoms with Gasteiger partial charge in [0.25, 0.3) is 0 Å². The Bertz CT molecular complexity index is 620. The highest BCUT2D eigenvalue weighted by molar-refractivity contribution is 7.99. The van der Waals surface area contributed by atoms with Crippen LogP contribution in [-0.2, 0) is 6.42 Å². The molecule has 0 unspecified atom stereocenters. The number of rotatable bonds is 6. The van der Waals surface area contributed by atoms with Crippen molar-refractivity contribution in [3.8, 4) is 6.07 Å². The first kappa shape index (κ1) is 15.4. The predicted molar refractivity (Wildman–Crippen MR) is 88.8 cm³/mol. The number of thioether (sulfide) groups is 1. The second-order valence-corrected chi connectivity index (χ2v) is 6.03. The van der Waals surface area contributed by atoms with Crippen LogP contribution in [0.5, 0.6) is 0 Å². The first-order valence-corrected chi connectivity index (χ1v) is 8.00. The summed E-state index contributed by atoms with van der Waals surface area (Å²) in [6.07, 6.45) is 4.57. The number of anilines is 1. The summed E-state index contributed by atoms with van der Waals surface area (Å²) in [6.45, 7) is 2.98. The van der Waals surface area contributed by atoms with Crippen LogP contribution in [0.1, 0.15) is 18.1 Å². The molecule has 0 aliphatic carbocycles. The Balaban J connectivity index is 2.13. The molecule has 3 nitrogen and oxygen atoms in total. The van der Waals surface area contributed by atoms with Gasteiger partial charge >= 0.3 is 0 Å². The van der Waals surface area contributed by atoms with Crippen LogP contribution in [-0.4, -0.2) is 24.3 Å². The molecule has 0 atom stereocenters. The highest BCUT2D eigenvalue weighted by atomic mass is 32.2. The van der Waals surface area contributed by atoms with E-state index >= 15 is 0 Å². The van der Waals surface area contributed by atoms with Gasteiger partial charge in [0.1, 0.15) is 6.07 Å². The lowest BCUT2D eigenvalue weighted by molar-refractivity contribution is 0.871. The summed E-state index contributed by atoms with van der Waals surface area (Å²) in [6, 6.07) is 12.5. The lowest BCUT2D eigenvalue weighted by Crippen LogP contribution is -2.21. The topological polar surface area (TPSA) is 39.9 Å². The second-order valence-electron chi connectivity index (χ2n) is 4.72. The van der Waals surface area contributed by atoms with Crippen molar-refractivity contribution in [3.63, 3.8) is 0 Å². The van der Waals surface area contributed by atoms with Crippen LogP contribution < -0.4 is 4.90 Å². The van der Waals surface area contributed by atoms with Gasteiger partial charge in [-0.1, -0.05) is 13.0 Å². The summed E-state index contributed by atoms with van der Waals surface area (Å²) in [5.41, 5.74) is 3.04. The number of pyridine rings is 1. The highest BCUT2D eigenvalue weighted by Crippen LogP contribution is 2.29. The van der Waals surface area contributed by atoms with Crippen LogP contribution in [0.25, 0.3) is 0 Å². The van der Waals surface area contributed by atoms with E-state index in [1.807, 2.05) is 49.8 Å². The van der Waals surface area contributed by atoms with Gasteiger partial charge in [-0.3, -0.25) is 4.98 Å². The van der Waals surface area contributed by atoms with E-state index in [4.69, 9.17) is 0 Å². The fraction of sp³-hybridized carbons (Fsp3) is 0.294. The van der Waals surface area contributed by atoms with E-state index in [1.54, 1.807) is 11.8 Å². The zero-order valence-electron chi connectivity index (χ0n) is 12.4. The molecule has 0 spiro atoms. The third-order valence-electron chi connectivity index (χ3n) is 3.31. The third kappa shape index (κ3) is 3.99. The molecule has 0 aliphatic heterocycles. The second kappa shape index (κ2) is 7.70. The average molecular weight is 297 g/mol. The van der Waals surface area contributed by atoms with Crippen molar-refractivity contribution >= 4 is 17.4 Å². The van der Waals surface area contributed by atoms with Crippen molar-refractivity contribution in [2.75, 3.05) is 24.2 Å². The Kier molecular flexibility index (Phi) is 5.65. The van der Waals surface area contributed by atoms with Crippen LogP contribution >= 0.6 is 11.8 Å². The number of nitrogens with zero attached hydrogens (tertiary/aromatic N) is 3. The summed E-state index contributed by atoms with van der Waals surface area (Å²) in [7, 11) is 2.04. The number of aromatic nitrogens is 1. The van der Waals surface area contributed by atoms with E-state index in [0.717, 1.165) is 34.9 Å². The number of hydrogen-bond donors (Lipinski definition) is 0. The molecule has 0 saturated heterocycles. The van der Waals surface area contributed by atoms with Crippen molar-refractivity contribution < 1.29 is 0 Å². The van der Waals surface area contributed by atoms with Crippen molar-refractivity contribution in [1.82, 2.24) is 4.98 Å². The standard InChI is InChI=1S/C17H19N3S/c1-3-21-17-6-4-5-16(15(17)13-18)20(2)12-9-14-7-10-19-11-8-14/h4-8,10-11H,3,9,12H2,1-2H3. The molecule has 1 heterocycles. The first-order valence-electron chi connectivity index (χ1n) is 7.02. The predicted octanol–water partition coefficient (Wildman–Crippen LogP) is 3.74. The van der Waals surface area contributed by atoms with Crippen molar-refractivity contribution in [1.29, 1.82) is 5.26 Å². The first-order chi connectivity index (χ1) is 10.3. The van der Waals surface area contributed by atoms with Gasteiger partial charge in [-0.25, -0.2) is 0 Å². The summed E-state index contributed by atoms with van der Waals surface area (Å²) in [4.78, 5) is 7.25. The van der Waals surface area contributed by atoms with Gasteiger partial charge < -0.3 is 4.90 Å². The largest absolute Gasteiger partial charge is 0.373 e. The molecule has 0 radical (unpaired) electrons. The fourth-order valence-corrected chi connectivity index (χ4v) is 2.97. The highest BCUT2D eigenvalue weighted by Gasteiger charge is 2.11. The van der Waals surface area contributed by atoms with Crippen LogP contribution in [0.4, 0.5) is 5.69 Å². The molecule has 0 saturated carbocycles. The zero-order valence-corrected chi connectivity index (χ0v) is 13.2. The number of hydrogen-bond acceptors (Lipinski definition) is 4. The van der Waals surface area contributed by atoms with Gasteiger partial charge in [-0.2, -0.15) is 5.26 Å². The molecule has 2 rings (SSSR count). The zero-order chi connectivity index (χ0) is 15.1. The molecule has 0 bridgehead atoms. The van der Waals surface area contributed by atoms with Crippen molar-refractivity contribution in [2.45, 2.75) is 18.2 Å². The van der Waals surface area contributed by atoms with Gasteiger partial charge in [-0.05, 0) is 42.0 Å². The molecule has 4 heteroatoms. The van der Waals surface area contributed by atoms with Gasteiger partial charge in [0, 0.05) is 30.9 Å². The minimum absolute atomic E-state index is 0.779. The van der Waals surface area contributed by atoms with Crippen molar-refractivity contribution in [3.05, 3.63) is 53.9 Å². The van der Waals surface area contributed by atoms with Crippen LogP contribution in [0.2, 0.25) is 0 Å². The van der Waals surface area contributed by atoms with Gasteiger partial charge in [0.15, 0.2) is 0 Å². The molecule has 0 N–H and O–H groups in total. The summed E-state index contributed by atoms with van der Waals surface area (Å²) >= 11 is 1.72. The molecule has 0 aliphatic rings. The average Bonchev–Trinajstić information content (AvgIpc) is 2.53. The van der Waals surface area contributed by atoms with E-state index in [9.17, 15) is 5.26 Å². The molecule has 0 amide bonds. The fourth-order valence-electron chi connectivity index (χ4n) is 2.19. The van der Waals surface area contributed by atoms with Gasteiger partial charge in [0.2, 0.25) is 0 Å². The minimum atomic E-state index is 0.779. The normalized spacial score (nSPS) is 10.1. The maximum atomic E-state index is 9.46. The summed E-state index contributed by atoms with van der Waals surface area (Å²) in [5.74, 6) is 0.971. The Morgan fingerprint density at radius 1 is 1.24 bits per heavy atom. The van der Waals surface area contributed by atoms with E-state index in [0.29, 0.717) is 0 Å². The van der Waals surface area contributed by atoms with Gasteiger partial charge in [0.05, 0.1) is 11.3 Å². The Morgan fingerprint density at radius 3 is 2.67 bits per heavy atom. The number of nitriles is 1. The van der Waals surface area contributed by atoms with Crippen molar-refractivity contribution in [2.24, 2.45) is 0 Å². The van der Waals surface area contributed by atoms with Crippen LogP contribution in [0, 0.1) is 11.3 Å². The maximum absolute atomic E-state index is 9.46. The molecule has 21 heavy (non-hydrogen) atoms. The maximum Gasteiger partial charge on any atom is 0.103 e. The smallest absolute Gasteiger partial charge is 0.103 e. The van der Waals surface area contributed by atoms with Crippen LogP contribution in [0.3, 0.4) is 0 Å². The minimum Gasteiger partial charge on any atom is -0.373 e. The van der Waals surface area contributed by atoms with E-state index in [1.165, 1.54) is 5.56 Å². The molecular weight excluding hydrogens is 278 g/mol. The SMILES string of the molecule is CCSc1cccc(N(C)CCc2ccncc2)c1C#N. The van der Waals surface area contributed by atoms with Crippen LogP contribution in [0.15, 0.2) is 47.6 Å². The molecule has 2 aromatic rings. The molecular formula is C17H19N3S. The Labute approximate surface area is 130 Å². The quantitative estimate of drug-likeness (QED) is 0.761. The van der Waals surface area contributed by atoms with E-state index in [-0.39, 0.29) is 0 Å². The van der Waals surface area contributed by atoms with E-state index in [2.05, 4.69) is 22.9 Å². The lowest BCUT2D eigenvalue weighted by atomic mass is 10.1. The molecule has 108 valence electrons. The summed E-state index contributed by atoms with van der Waals surface area (Å²) < 4.78 is 0. The molecule has 1 aromatic heterocycles. The monoisotopic (exact) mass is 297 g/mol. The van der Waals surface area contributed by atoms with Gasteiger partial charge in [-0.15, -0.1) is 11.8 Å². The third-order valence-corrected chi connectivity index (χ3v) is 4.25. The molecule has 0 fully saturated rings. The lowest BCUT2D eigenvalue weighted by Gasteiger charge is -2.21. The number of likely N-dealkylation sites (N-methyl/N-ethyl adjacent to an activating group) is 1. The molecule has 1 aromatic carbocycles.